The Kier molecular flexibility index (Phi) is 2.69. The second-order valence-electron chi connectivity index (χ2n) is 2.82. The van der Waals surface area contributed by atoms with E-state index >= 15 is 0 Å². The predicted molar refractivity (Wildman–Crippen MR) is 51.7 cm³/mol. The molecule has 1 N–H and O–H groups in total. The summed E-state index contributed by atoms with van der Waals surface area (Å²) in [6.07, 6.45) is -2.97. The van der Waals surface area contributed by atoms with Gasteiger partial charge in [-0.2, -0.15) is 0 Å². The number of aromatic carboxylic acids is 1. The third kappa shape index (κ3) is 1.81. The van der Waals surface area contributed by atoms with E-state index in [0.29, 0.717) is 4.88 Å². The average Bonchev–Trinajstić information content (AvgIpc) is 2.86. The van der Waals surface area contributed by atoms with Gasteiger partial charge in [-0.15, -0.1) is 11.3 Å². The maximum absolute atomic E-state index is 12.5. The third-order valence-corrected chi connectivity index (χ3v) is 2.64. The van der Waals surface area contributed by atoms with Gasteiger partial charge in [0, 0.05) is 0 Å². The van der Waals surface area contributed by atoms with Crippen molar-refractivity contribution in [1.82, 2.24) is 4.98 Å². The van der Waals surface area contributed by atoms with Crippen LogP contribution >= 0.6 is 11.3 Å². The first kappa shape index (κ1) is 10.7. The van der Waals surface area contributed by atoms with E-state index in [2.05, 4.69) is 4.98 Å². The highest BCUT2D eigenvalue weighted by Gasteiger charge is 2.26. The molecule has 0 amide bonds. The lowest BCUT2D eigenvalue weighted by molar-refractivity contribution is 0.0647. The van der Waals surface area contributed by atoms with Crippen molar-refractivity contribution in [2.45, 2.75) is 6.43 Å². The molecule has 0 aliphatic heterocycles. The number of oxazole rings is 1. The molecular weight excluding hydrogens is 240 g/mol. The number of carboxylic acids is 1. The van der Waals surface area contributed by atoms with Gasteiger partial charge in [-0.1, -0.05) is 6.07 Å². The van der Waals surface area contributed by atoms with Crippen molar-refractivity contribution < 1.29 is 23.1 Å². The largest absolute Gasteiger partial charge is 0.475 e. The number of alkyl halides is 2. The number of rotatable bonds is 3. The van der Waals surface area contributed by atoms with Crippen LogP contribution in [0.15, 0.2) is 21.9 Å². The molecule has 2 rings (SSSR count). The molecule has 2 aromatic heterocycles. The van der Waals surface area contributed by atoms with Crippen LogP contribution < -0.4 is 0 Å². The molecule has 0 bridgehead atoms. The maximum Gasteiger partial charge on any atom is 0.374 e. The summed E-state index contributed by atoms with van der Waals surface area (Å²) in [6.45, 7) is 0. The summed E-state index contributed by atoms with van der Waals surface area (Å²) in [5.74, 6) is -2.45. The molecule has 0 aliphatic rings. The van der Waals surface area contributed by atoms with Gasteiger partial charge in [0.25, 0.3) is 6.43 Å². The van der Waals surface area contributed by atoms with Crippen LogP contribution in [0.4, 0.5) is 8.78 Å². The number of carbonyl (C=O) groups is 1. The summed E-state index contributed by atoms with van der Waals surface area (Å²) in [4.78, 5) is 14.6. The van der Waals surface area contributed by atoms with Gasteiger partial charge in [-0.3, -0.25) is 0 Å². The predicted octanol–water partition coefficient (Wildman–Crippen LogP) is 3.04. The monoisotopic (exact) mass is 245 g/mol. The molecule has 0 spiro atoms. The summed E-state index contributed by atoms with van der Waals surface area (Å²) in [5.41, 5.74) is -0.837. The fourth-order valence-electron chi connectivity index (χ4n) is 1.14. The highest BCUT2D eigenvalue weighted by atomic mass is 32.1. The molecule has 0 fully saturated rings. The lowest BCUT2D eigenvalue weighted by Crippen LogP contribution is -1.99. The number of thiophene rings is 1. The van der Waals surface area contributed by atoms with Gasteiger partial charge in [0.05, 0.1) is 4.88 Å². The van der Waals surface area contributed by atoms with Crippen LogP contribution in [0.3, 0.4) is 0 Å². The van der Waals surface area contributed by atoms with Crippen molar-refractivity contribution in [3.63, 3.8) is 0 Å². The molecule has 4 nitrogen and oxygen atoms in total. The molecule has 0 saturated heterocycles. The van der Waals surface area contributed by atoms with Crippen LogP contribution in [0.2, 0.25) is 0 Å². The van der Waals surface area contributed by atoms with Crippen molar-refractivity contribution >= 4 is 17.3 Å². The van der Waals surface area contributed by atoms with Crippen LogP contribution in [0.5, 0.6) is 0 Å². The standard InChI is InChI=1S/C9H5F2NO3S/c10-7(11)5-6(9(13)14)15-8(12-5)4-2-1-3-16-4/h1-3,7H,(H,13,14). The lowest BCUT2D eigenvalue weighted by Gasteiger charge is -1.91. The number of halogens is 2. The highest BCUT2D eigenvalue weighted by Crippen LogP contribution is 2.30. The minimum atomic E-state index is -2.97. The Morgan fingerprint density at radius 1 is 1.56 bits per heavy atom. The Morgan fingerprint density at radius 3 is 2.75 bits per heavy atom. The summed E-state index contributed by atoms with van der Waals surface area (Å²) in [6, 6.07) is 3.30. The minimum Gasteiger partial charge on any atom is -0.475 e. The van der Waals surface area contributed by atoms with E-state index < -0.39 is 23.8 Å². The first-order valence-corrected chi connectivity index (χ1v) is 5.03. The smallest absolute Gasteiger partial charge is 0.374 e. The molecule has 0 aliphatic carbocycles. The van der Waals surface area contributed by atoms with Crippen LogP contribution in [-0.4, -0.2) is 16.1 Å². The molecule has 0 atom stereocenters. The van der Waals surface area contributed by atoms with Gasteiger partial charge in [0.1, 0.15) is 0 Å². The second kappa shape index (κ2) is 4.01. The van der Waals surface area contributed by atoms with Gasteiger partial charge in [-0.05, 0) is 11.4 Å². The van der Waals surface area contributed by atoms with Crippen molar-refractivity contribution in [1.29, 1.82) is 0 Å². The van der Waals surface area contributed by atoms with Crippen molar-refractivity contribution in [3.8, 4) is 10.8 Å². The SMILES string of the molecule is O=C(O)c1oc(-c2cccs2)nc1C(F)F. The average molecular weight is 245 g/mol. The molecule has 2 heterocycles. The first-order chi connectivity index (χ1) is 7.59. The van der Waals surface area contributed by atoms with E-state index in [1.807, 2.05) is 0 Å². The molecule has 16 heavy (non-hydrogen) atoms. The lowest BCUT2D eigenvalue weighted by atomic mass is 10.3. The van der Waals surface area contributed by atoms with Gasteiger partial charge in [0.15, 0.2) is 5.69 Å². The quantitative estimate of drug-likeness (QED) is 0.902. The maximum atomic E-state index is 12.5. The number of aromatic nitrogens is 1. The van der Waals surface area contributed by atoms with E-state index in [4.69, 9.17) is 9.52 Å². The minimum absolute atomic E-state index is 0.0947. The Bertz CT molecular complexity index is 507. The Hall–Kier alpha value is -1.76. The summed E-state index contributed by atoms with van der Waals surface area (Å²) < 4.78 is 29.7. The molecule has 0 radical (unpaired) electrons. The number of hydrogen-bond acceptors (Lipinski definition) is 4. The van der Waals surface area contributed by atoms with Crippen molar-refractivity contribution in [2.24, 2.45) is 0 Å². The van der Waals surface area contributed by atoms with E-state index in [-0.39, 0.29) is 5.89 Å². The van der Waals surface area contributed by atoms with Crippen LogP contribution in [-0.2, 0) is 0 Å². The Morgan fingerprint density at radius 2 is 2.31 bits per heavy atom. The zero-order chi connectivity index (χ0) is 11.7. The molecule has 0 saturated carbocycles. The molecular formula is C9H5F2NO3S. The van der Waals surface area contributed by atoms with Crippen molar-refractivity contribution in [2.75, 3.05) is 0 Å². The highest BCUT2D eigenvalue weighted by molar-refractivity contribution is 7.13. The fraction of sp³-hybridized carbons (Fsp3) is 0.111. The Labute approximate surface area is 92.2 Å². The number of hydrogen-bond donors (Lipinski definition) is 1. The summed E-state index contributed by atoms with van der Waals surface area (Å²) >= 11 is 1.23. The topological polar surface area (TPSA) is 63.3 Å². The van der Waals surface area contributed by atoms with E-state index in [0.717, 1.165) is 0 Å². The zero-order valence-electron chi connectivity index (χ0n) is 7.68. The van der Waals surface area contributed by atoms with Gasteiger partial charge < -0.3 is 9.52 Å². The van der Waals surface area contributed by atoms with Gasteiger partial charge in [0.2, 0.25) is 11.7 Å². The van der Waals surface area contributed by atoms with E-state index in [1.165, 1.54) is 11.3 Å². The third-order valence-electron chi connectivity index (χ3n) is 1.79. The van der Waals surface area contributed by atoms with Crippen LogP contribution in [0.25, 0.3) is 10.8 Å². The first-order valence-electron chi connectivity index (χ1n) is 4.15. The molecule has 2 aromatic rings. The molecule has 84 valence electrons. The molecule has 0 unspecified atom stereocenters. The normalized spacial score (nSPS) is 10.9. The summed E-state index contributed by atoms with van der Waals surface area (Å²) in [5, 5.41) is 10.4. The van der Waals surface area contributed by atoms with Crippen LogP contribution in [0.1, 0.15) is 22.7 Å². The molecule has 7 heteroatoms. The van der Waals surface area contributed by atoms with E-state index in [9.17, 15) is 13.6 Å². The van der Waals surface area contributed by atoms with Gasteiger partial charge >= 0.3 is 5.97 Å². The molecule has 0 aromatic carbocycles. The zero-order valence-corrected chi connectivity index (χ0v) is 8.50. The number of nitrogens with zero attached hydrogens (tertiary/aromatic N) is 1. The Balaban J connectivity index is 2.51. The fourth-order valence-corrected chi connectivity index (χ4v) is 1.79. The second-order valence-corrected chi connectivity index (χ2v) is 3.76. The summed E-state index contributed by atoms with van der Waals surface area (Å²) in [7, 11) is 0. The van der Waals surface area contributed by atoms with Crippen molar-refractivity contribution in [3.05, 3.63) is 29.0 Å². The van der Waals surface area contributed by atoms with Gasteiger partial charge in [-0.25, -0.2) is 18.6 Å². The van der Waals surface area contributed by atoms with Crippen LogP contribution in [0, 0.1) is 0 Å². The number of carboxylic acid groups (broad SMARTS) is 1. The van der Waals surface area contributed by atoms with E-state index in [1.54, 1.807) is 17.5 Å².